The number of carbonyl (C=O) groups excluding carboxylic acids is 1. The molecule has 3 rings (SSSR count). The van der Waals surface area contributed by atoms with Crippen LogP contribution in [0.25, 0.3) is 0 Å². The van der Waals surface area contributed by atoms with E-state index in [1.807, 2.05) is 17.5 Å². The van der Waals surface area contributed by atoms with E-state index in [4.69, 9.17) is 0 Å². The Labute approximate surface area is 145 Å². The van der Waals surface area contributed by atoms with Crippen molar-refractivity contribution in [3.63, 3.8) is 0 Å². The number of benzene rings is 1. The second kappa shape index (κ2) is 6.40. The summed E-state index contributed by atoms with van der Waals surface area (Å²) < 4.78 is 27.6. The van der Waals surface area contributed by atoms with Gasteiger partial charge in [-0.25, -0.2) is 13.1 Å². The van der Waals surface area contributed by atoms with Gasteiger partial charge in [0.15, 0.2) is 5.78 Å². The molecule has 1 aromatic carbocycles. The van der Waals surface area contributed by atoms with Crippen molar-refractivity contribution in [3.05, 3.63) is 52.2 Å². The summed E-state index contributed by atoms with van der Waals surface area (Å²) in [6, 6.07) is 9.58. The largest absolute Gasteiger partial charge is 0.383 e. The third kappa shape index (κ3) is 3.44. The minimum atomic E-state index is -3.80. The minimum absolute atomic E-state index is 0.0273. The Hall–Kier alpha value is -1.54. The lowest BCUT2D eigenvalue weighted by Crippen LogP contribution is -2.41. The van der Waals surface area contributed by atoms with Gasteiger partial charge in [-0.1, -0.05) is 18.2 Å². The zero-order valence-corrected chi connectivity index (χ0v) is 14.9. The molecule has 0 bridgehead atoms. The fourth-order valence-corrected chi connectivity index (χ4v) is 4.71. The van der Waals surface area contributed by atoms with Gasteiger partial charge < -0.3 is 5.11 Å². The number of aliphatic hydroxyl groups is 1. The molecule has 24 heavy (non-hydrogen) atoms. The molecule has 1 aliphatic rings. The monoisotopic (exact) mass is 365 g/mol. The predicted molar refractivity (Wildman–Crippen MR) is 92.6 cm³/mol. The van der Waals surface area contributed by atoms with E-state index < -0.39 is 15.6 Å². The highest BCUT2D eigenvalue weighted by molar-refractivity contribution is 7.89. The molecule has 7 heteroatoms. The van der Waals surface area contributed by atoms with Gasteiger partial charge in [-0.05, 0) is 49.3 Å². The summed E-state index contributed by atoms with van der Waals surface area (Å²) in [5, 5.41) is 12.9. The molecule has 0 amide bonds. The van der Waals surface area contributed by atoms with Crippen LogP contribution in [0.2, 0.25) is 0 Å². The standard InChI is InChI=1S/C17H19NO4S2/c1-12(19)13-4-2-5-15(10-13)24(21,22)18-11-17(20,14-7-8-14)16-6-3-9-23-16/h2-6,9-10,14,18,20H,7-8,11H2,1H3/t17-/m0/s1. The molecule has 1 fully saturated rings. The van der Waals surface area contributed by atoms with Gasteiger partial charge in [0.2, 0.25) is 10.0 Å². The molecular weight excluding hydrogens is 346 g/mol. The molecule has 1 saturated carbocycles. The molecule has 1 aliphatic carbocycles. The van der Waals surface area contributed by atoms with Gasteiger partial charge in [0.1, 0.15) is 5.60 Å². The molecule has 1 atom stereocenters. The fourth-order valence-electron chi connectivity index (χ4n) is 2.69. The van der Waals surface area contributed by atoms with Crippen LogP contribution >= 0.6 is 11.3 Å². The van der Waals surface area contributed by atoms with Crippen molar-refractivity contribution in [1.82, 2.24) is 4.72 Å². The zero-order chi connectivity index (χ0) is 17.4. The van der Waals surface area contributed by atoms with Gasteiger partial charge in [0.25, 0.3) is 0 Å². The lowest BCUT2D eigenvalue weighted by molar-refractivity contribution is 0.0222. The summed E-state index contributed by atoms with van der Waals surface area (Å²) in [6.07, 6.45) is 1.77. The molecule has 1 aromatic heterocycles. The molecule has 1 heterocycles. The van der Waals surface area contributed by atoms with E-state index in [2.05, 4.69) is 4.72 Å². The highest BCUT2D eigenvalue weighted by atomic mass is 32.2. The average Bonchev–Trinajstić information content (AvgIpc) is 3.28. The summed E-state index contributed by atoms with van der Waals surface area (Å²) >= 11 is 1.42. The van der Waals surface area contributed by atoms with Crippen molar-refractivity contribution in [3.8, 4) is 0 Å². The summed E-state index contributed by atoms with van der Waals surface area (Å²) in [7, 11) is -3.80. The Balaban J connectivity index is 1.82. The van der Waals surface area contributed by atoms with Crippen LogP contribution in [-0.4, -0.2) is 25.9 Å². The Morgan fingerprint density at radius 3 is 2.67 bits per heavy atom. The van der Waals surface area contributed by atoms with E-state index in [-0.39, 0.29) is 23.1 Å². The summed E-state index contributed by atoms with van der Waals surface area (Å²) in [4.78, 5) is 12.2. The number of nitrogens with one attached hydrogen (secondary N) is 1. The van der Waals surface area contributed by atoms with Gasteiger partial charge in [-0.15, -0.1) is 11.3 Å². The van der Waals surface area contributed by atoms with Gasteiger partial charge in [-0.2, -0.15) is 0 Å². The van der Waals surface area contributed by atoms with Crippen LogP contribution < -0.4 is 4.72 Å². The third-order valence-corrected chi connectivity index (χ3v) is 6.72. The van der Waals surface area contributed by atoms with Crippen LogP contribution in [0.15, 0.2) is 46.7 Å². The molecule has 0 aliphatic heterocycles. The molecule has 0 saturated heterocycles. The first-order valence-corrected chi connectivity index (χ1v) is 10.1. The first kappa shape index (κ1) is 17.3. The highest BCUT2D eigenvalue weighted by Gasteiger charge is 2.46. The van der Waals surface area contributed by atoms with Crippen molar-refractivity contribution in [1.29, 1.82) is 0 Å². The number of ketones is 1. The minimum Gasteiger partial charge on any atom is -0.383 e. The fraction of sp³-hybridized carbons (Fsp3) is 0.353. The molecule has 0 spiro atoms. The van der Waals surface area contributed by atoms with Crippen LogP contribution in [-0.2, 0) is 15.6 Å². The quantitative estimate of drug-likeness (QED) is 0.739. The normalized spacial score (nSPS) is 17.4. The van der Waals surface area contributed by atoms with Crippen molar-refractivity contribution in [2.24, 2.45) is 5.92 Å². The van der Waals surface area contributed by atoms with Gasteiger partial charge in [-0.3, -0.25) is 4.79 Å². The lowest BCUT2D eigenvalue weighted by Gasteiger charge is -2.27. The van der Waals surface area contributed by atoms with Crippen molar-refractivity contribution < 1.29 is 18.3 Å². The van der Waals surface area contributed by atoms with Crippen molar-refractivity contribution >= 4 is 27.1 Å². The number of Topliss-reactive ketones (excluding diaryl/α,β-unsaturated/α-hetero) is 1. The van der Waals surface area contributed by atoms with Gasteiger partial charge >= 0.3 is 0 Å². The third-order valence-electron chi connectivity index (χ3n) is 4.28. The van der Waals surface area contributed by atoms with Gasteiger partial charge in [0, 0.05) is 17.0 Å². The van der Waals surface area contributed by atoms with Crippen LogP contribution in [0.1, 0.15) is 35.0 Å². The number of rotatable bonds is 7. The molecule has 0 unspecified atom stereocenters. The maximum atomic E-state index is 12.5. The molecule has 2 aromatic rings. The molecule has 128 valence electrons. The number of hydrogen-bond donors (Lipinski definition) is 2. The number of thiophene rings is 1. The van der Waals surface area contributed by atoms with E-state index in [0.717, 1.165) is 17.7 Å². The topological polar surface area (TPSA) is 83.5 Å². The van der Waals surface area contributed by atoms with Crippen molar-refractivity contribution in [2.75, 3.05) is 6.54 Å². The Morgan fingerprint density at radius 2 is 2.08 bits per heavy atom. The van der Waals surface area contributed by atoms with Crippen LogP contribution in [0.4, 0.5) is 0 Å². The highest BCUT2D eigenvalue weighted by Crippen LogP contribution is 2.46. The SMILES string of the molecule is CC(=O)c1cccc(S(=O)(=O)NC[C@@](O)(c2cccs2)C2CC2)c1. The Bertz CT molecular complexity index is 841. The molecule has 5 nitrogen and oxygen atoms in total. The lowest BCUT2D eigenvalue weighted by atomic mass is 9.96. The first-order valence-electron chi connectivity index (χ1n) is 7.70. The predicted octanol–water partition coefficient (Wildman–Crippen LogP) is 2.53. The second-order valence-corrected chi connectivity index (χ2v) is 8.80. The Morgan fingerprint density at radius 1 is 1.33 bits per heavy atom. The van der Waals surface area contributed by atoms with E-state index in [1.165, 1.54) is 36.5 Å². The van der Waals surface area contributed by atoms with E-state index in [1.54, 1.807) is 6.07 Å². The number of carbonyl (C=O) groups is 1. The maximum absolute atomic E-state index is 12.5. The molecule has 0 radical (unpaired) electrons. The molecular formula is C17H19NO4S2. The Kier molecular flexibility index (Phi) is 4.61. The maximum Gasteiger partial charge on any atom is 0.240 e. The summed E-state index contributed by atoms with van der Waals surface area (Å²) in [5.41, 5.74) is -0.840. The average molecular weight is 365 g/mol. The molecule has 2 N–H and O–H groups in total. The summed E-state index contributed by atoms with van der Waals surface area (Å²) in [5.74, 6) is -0.123. The van der Waals surface area contributed by atoms with Crippen molar-refractivity contribution in [2.45, 2.75) is 30.3 Å². The van der Waals surface area contributed by atoms with Crippen LogP contribution in [0, 0.1) is 5.92 Å². The van der Waals surface area contributed by atoms with E-state index in [9.17, 15) is 18.3 Å². The zero-order valence-electron chi connectivity index (χ0n) is 13.2. The second-order valence-electron chi connectivity index (χ2n) is 6.08. The smallest absolute Gasteiger partial charge is 0.240 e. The first-order chi connectivity index (χ1) is 11.3. The summed E-state index contributed by atoms with van der Waals surface area (Å²) in [6.45, 7) is 1.31. The van der Waals surface area contributed by atoms with Crippen LogP contribution in [0.5, 0.6) is 0 Å². The van der Waals surface area contributed by atoms with E-state index in [0.29, 0.717) is 5.56 Å². The van der Waals surface area contributed by atoms with E-state index >= 15 is 0 Å². The number of hydrogen-bond acceptors (Lipinski definition) is 5. The van der Waals surface area contributed by atoms with Crippen LogP contribution in [0.3, 0.4) is 0 Å². The number of sulfonamides is 1. The van der Waals surface area contributed by atoms with Gasteiger partial charge in [0.05, 0.1) is 4.90 Å².